The highest BCUT2D eigenvalue weighted by Gasteiger charge is 2.17. The Balaban J connectivity index is 0.000000229. The molecule has 25 heavy (non-hydrogen) atoms. The van der Waals surface area contributed by atoms with Crippen LogP contribution in [0.1, 0.15) is 43.8 Å². The Morgan fingerprint density at radius 2 is 1.64 bits per heavy atom. The van der Waals surface area contributed by atoms with Crippen molar-refractivity contribution in [2.24, 2.45) is 5.92 Å². The van der Waals surface area contributed by atoms with Gasteiger partial charge in [-0.2, -0.15) is 0 Å². The Kier molecular flexibility index (Phi) is 9.33. The smallest absolute Gasteiger partial charge is 0.233 e. The van der Waals surface area contributed by atoms with Crippen LogP contribution in [0.2, 0.25) is 0 Å². The van der Waals surface area contributed by atoms with Crippen molar-refractivity contribution >= 4 is 0 Å². The van der Waals surface area contributed by atoms with Crippen LogP contribution in [0.25, 0.3) is 0 Å². The summed E-state index contributed by atoms with van der Waals surface area (Å²) in [6.07, 6.45) is 14.1. The molecular formula is C20H24N4O. The minimum atomic E-state index is 0.234. The third-order valence-electron chi connectivity index (χ3n) is 2.82. The van der Waals surface area contributed by atoms with Crippen LogP contribution < -0.4 is 4.74 Å². The molecule has 0 amide bonds. The second-order valence-electron chi connectivity index (χ2n) is 5.08. The summed E-state index contributed by atoms with van der Waals surface area (Å²) in [7, 11) is 0. The van der Waals surface area contributed by atoms with E-state index in [9.17, 15) is 0 Å². The molecule has 1 aliphatic carbocycles. The maximum atomic E-state index is 5.00. The van der Waals surface area contributed by atoms with Gasteiger partial charge in [0.2, 0.25) is 5.88 Å². The minimum absolute atomic E-state index is 0.234. The molecule has 3 rings (SSSR count). The second kappa shape index (κ2) is 11.6. The predicted octanol–water partition coefficient (Wildman–Crippen LogP) is 3.37. The molecule has 0 bridgehead atoms. The number of terminal acetylenes is 1. The van der Waals surface area contributed by atoms with E-state index >= 15 is 0 Å². The van der Waals surface area contributed by atoms with Crippen LogP contribution in [0.3, 0.4) is 0 Å². The van der Waals surface area contributed by atoms with Crippen LogP contribution >= 0.6 is 0 Å². The van der Waals surface area contributed by atoms with Gasteiger partial charge in [-0.05, 0) is 32.6 Å². The van der Waals surface area contributed by atoms with Gasteiger partial charge in [-0.3, -0.25) is 9.97 Å². The molecule has 0 aromatic carbocycles. The summed E-state index contributed by atoms with van der Waals surface area (Å²) in [5, 5.41) is 0. The number of hydrogen-bond donors (Lipinski definition) is 0. The lowest BCUT2D eigenvalue weighted by Gasteiger charge is -1.98. The number of hydrogen-bond acceptors (Lipinski definition) is 5. The third-order valence-corrected chi connectivity index (χ3v) is 2.82. The number of nitrogens with zero attached hydrogens (tertiary/aromatic N) is 4. The van der Waals surface area contributed by atoms with Gasteiger partial charge < -0.3 is 4.74 Å². The lowest BCUT2D eigenvalue weighted by molar-refractivity contribution is 0.353. The Morgan fingerprint density at radius 3 is 2.12 bits per heavy atom. The van der Waals surface area contributed by atoms with Crippen molar-refractivity contribution in [1.29, 1.82) is 0 Å². The van der Waals surface area contributed by atoms with E-state index in [0.717, 1.165) is 17.1 Å². The van der Waals surface area contributed by atoms with Gasteiger partial charge in [-0.1, -0.05) is 25.7 Å². The summed E-state index contributed by atoms with van der Waals surface area (Å²) in [6, 6.07) is 0. The first-order valence-electron chi connectivity index (χ1n) is 8.32. The zero-order chi connectivity index (χ0) is 18.5. The number of ether oxygens (including phenoxy) is 1. The van der Waals surface area contributed by atoms with Gasteiger partial charge in [0.25, 0.3) is 0 Å². The van der Waals surface area contributed by atoms with Gasteiger partial charge in [-0.15, -0.1) is 6.42 Å². The number of aryl methyl sites for hydroxylation is 2. The summed E-state index contributed by atoms with van der Waals surface area (Å²) in [4.78, 5) is 16.2. The summed E-state index contributed by atoms with van der Waals surface area (Å²) < 4.78 is 5.00. The molecule has 0 radical (unpaired) electrons. The third kappa shape index (κ3) is 9.07. The van der Waals surface area contributed by atoms with Gasteiger partial charge in [-0.25, -0.2) is 9.97 Å². The molecule has 2 aromatic rings. The van der Waals surface area contributed by atoms with E-state index in [1.54, 1.807) is 24.8 Å². The van der Waals surface area contributed by atoms with Crippen molar-refractivity contribution in [2.75, 3.05) is 6.61 Å². The van der Waals surface area contributed by atoms with Crippen molar-refractivity contribution < 1.29 is 4.74 Å². The van der Waals surface area contributed by atoms with Gasteiger partial charge in [0.15, 0.2) is 6.61 Å². The van der Waals surface area contributed by atoms with Gasteiger partial charge in [0.05, 0.1) is 30.0 Å². The van der Waals surface area contributed by atoms with E-state index in [0.29, 0.717) is 11.8 Å². The molecule has 1 fully saturated rings. The maximum Gasteiger partial charge on any atom is 0.233 e. The SMILES string of the molecule is C#CCOc1cnc(C)cn1.CC.Cc1cnc(C#CC2CC2)cn1. The van der Waals surface area contributed by atoms with Crippen LogP contribution in [-0.4, -0.2) is 26.5 Å². The Morgan fingerprint density at radius 1 is 1.00 bits per heavy atom. The standard InChI is InChI=1S/C10H10N2.C8H8N2O.C2H6/c1-8-6-12-10(7-11-8)5-4-9-2-3-9;1-3-4-11-8-6-9-7(2)5-10-8;1-2/h6-7,9H,2-3H2,1H3;1,5-6H,4H2,2H3;1-2H3. The molecule has 2 aromatic heterocycles. The Labute approximate surface area is 150 Å². The normalized spacial score (nSPS) is 11.3. The highest BCUT2D eigenvalue weighted by Crippen LogP contribution is 2.27. The van der Waals surface area contributed by atoms with E-state index in [4.69, 9.17) is 11.2 Å². The van der Waals surface area contributed by atoms with Crippen LogP contribution in [0, 0.1) is 44.0 Å². The summed E-state index contributed by atoms with van der Waals surface area (Å²) in [6.45, 7) is 8.01. The number of rotatable bonds is 2. The molecule has 1 aliphatic rings. The molecule has 0 saturated heterocycles. The van der Waals surface area contributed by atoms with Crippen molar-refractivity contribution in [1.82, 2.24) is 19.9 Å². The fourth-order valence-corrected chi connectivity index (χ4v) is 1.43. The van der Waals surface area contributed by atoms with Crippen molar-refractivity contribution in [3.8, 4) is 30.1 Å². The van der Waals surface area contributed by atoms with Crippen molar-refractivity contribution in [2.45, 2.75) is 40.5 Å². The zero-order valence-corrected chi connectivity index (χ0v) is 15.3. The Hall–Kier alpha value is -2.92. The molecule has 2 heterocycles. The monoisotopic (exact) mass is 336 g/mol. The lowest BCUT2D eigenvalue weighted by atomic mass is 10.3. The average Bonchev–Trinajstić information content (AvgIpc) is 3.48. The van der Waals surface area contributed by atoms with E-state index in [1.165, 1.54) is 12.8 Å². The first kappa shape index (κ1) is 20.1. The molecule has 0 unspecified atom stereocenters. The van der Waals surface area contributed by atoms with Crippen LogP contribution in [0.4, 0.5) is 0 Å². The highest BCUT2D eigenvalue weighted by molar-refractivity contribution is 5.27. The molecule has 5 nitrogen and oxygen atoms in total. The molecule has 0 spiro atoms. The van der Waals surface area contributed by atoms with Crippen molar-refractivity contribution in [3.05, 3.63) is 41.9 Å². The molecule has 0 aliphatic heterocycles. The van der Waals surface area contributed by atoms with Crippen LogP contribution in [0.15, 0.2) is 24.8 Å². The number of aromatic nitrogens is 4. The summed E-state index contributed by atoms with van der Waals surface area (Å²) in [5.41, 5.74) is 2.58. The Bertz CT molecular complexity index is 718. The van der Waals surface area contributed by atoms with Crippen molar-refractivity contribution in [3.63, 3.8) is 0 Å². The lowest BCUT2D eigenvalue weighted by Crippen LogP contribution is -1.96. The van der Waals surface area contributed by atoms with E-state index in [-0.39, 0.29) is 6.61 Å². The van der Waals surface area contributed by atoms with E-state index < -0.39 is 0 Å². The first-order chi connectivity index (χ1) is 12.2. The van der Waals surface area contributed by atoms with E-state index in [1.807, 2.05) is 27.7 Å². The van der Waals surface area contributed by atoms with Crippen LogP contribution in [0.5, 0.6) is 5.88 Å². The second-order valence-corrected chi connectivity index (χ2v) is 5.08. The average molecular weight is 336 g/mol. The topological polar surface area (TPSA) is 60.8 Å². The zero-order valence-electron chi connectivity index (χ0n) is 15.3. The highest BCUT2D eigenvalue weighted by atomic mass is 16.5. The quantitative estimate of drug-likeness (QED) is 0.787. The summed E-state index contributed by atoms with van der Waals surface area (Å²) in [5.74, 6) is 9.59. The van der Waals surface area contributed by atoms with E-state index in [2.05, 4.69) is 37.7 Å². The molecular weight excluding hydrogens is 312 g/mol. The predicted molar refractivity (Wildman–Crippen MR) is 98.8 cm³/mol. The molecule has 0 N–H and O–H groups in total. The van der Waals surface area contributed by atoms with Gasteiger partial charge in [0.1, 0.15) is 5.69 Å². The maximum absolute atomic E-state index is 5.00. The largest absolute Gasteiger partial charge is 0.463 e. The van der Waals surface area contributed by atoms with Gasteiger partial charge >= 0.3 is 0 Å². The molecule has 1 saturated carbocycles. The summed E-state index contributed by atoms with van der Waals surface area (Å²) >= 11 is 0. The molecule has 5 heteroatoms. The molecule has 130 valence electrons. The first-order valence-corrected chi connectivity index (χ1v) is 8.32. The van der Waals surface area contributed by atoms with Gasteiger partial charge in [0, 0.05) is 12.1 Å². The fourth-order valence-electron chi connectivity index (χ4n) is 1.43. The van der Waals surface area contributed by atoms with Crippen LogP contribution in [-0.2, 0) is 0 Å². The minimum Gasteiger partial charge on any atom is -0.463 e. The molecule has 0 atom stereocenters. The fraction of sp³-hybridized carbons (Fsp3) is 0.400.